The Morgan fingerprint density at radius 3 is 2.68 bits per heavy atom. The number of hydrogen-bond donors (Lipinski definition) is 1. The van der Waals surface area contributed by atoms with Crippen LogP contribution in [0.15, 0.2) is 42.7 Å². The Labute approximate surface area is 111 Å². The van der Waals surface area contributed by atoms with Crippen LogP contribution in [0.5, 0.6) is 0 Å². The highest BCUT2D eigenvalue weighted by molar-refractivity contribution is 5.70. The molecule has 0 radical (unpaired) electrons. The van der Waals surface area contributed by atoms with Crippen molar-refractivity contribution >= 4 is 0 Å². The molecule has 94 valence electrons. The van der Waals surface area contributed by atoms with Gasteiger partial charge < -0.3 is 0 Å². The standard InChI is InChI=1S/C15H14N4/c1-10-9-16-11(2)15(18-10)13-5-3-4-12(8-13)14-6-7-17-19-14/h3-9H,1-2H3,(H,17,19). The zero-order valence-electron chi connectivity index (χ0n) is 10.9. The summed E-state index contributed by atoms with van der Waals surface area (Å²) in [5.41, 5.74) is 5.96. The zero-order chi connectivity index (χ0) is 13.2. The normalized spacial score (nSPS) is 10.6. The second-order valence-corrected chi connectivity index (χ2v) is 4.50. The number of nitrogens with one attached hydrogen (secondary N) is 1. The van der Waals surface area contributed by atoms with Gasteiger partial charge in [0.2, 0.25) is 0 Å². The smallest absolute Gasteiger partial charge is 0.0917 e. The van der Waals surface area contributed by atoms with Gasteiger partial charge in [-0.25, -0.2) is 4.98 Å². The highest BCUT2D eigenvalue weighted by Gasteiger charge is 2.07. The molecule has 2 heterocycles. The van der Waals surface area contributed by atoms with E-state index < -0.39 is 0 Å². The van der Waals surface area contributed by atoms with E-state index in [1.54, 1.807) is 12.4 Å². The summed E-state index contributed by atoms with van der Waals surface area (Å²) in [5, 5.41) is 6.95. The van der Waals surface area contributed by atoms with E-state index >= 15 is 0 Å². The third-order valence-electron chi connectivity index (χ3n) is 3.02. The summed E-state index contributed by atoms with van der Waals surface area (Å²) in [6.07, 6.45) is 3.54. The van der Waals surface area contributed by atoms with Crippen LogP contribution < -0.4 is 0 Å². The predicted octanol–water partition coefficient (Wildman–Crippen LogP) is 3.15. The molecule has 0 amide bonds. The first-order valence-electron chi connectivity index (χ1n) is 6.14. The molecule has 1 aromatic carbocycles. The monoisotopic (exact) mass is 250 g/mol. The van der Waals surface area contributed by atoms with Gasteiger partial charge in [-0.2, -0.15) is 5.10 Å². The van der Waals surface area contributed by atoms with Crippen molar-refractivity contribution in [3.63, 3.8) is 0 Å². The maximum absolute atomic E-state index is 4.58. The Balaban J connectivity index is 2.11. The number of hydrogen-bond acceptors (Lipinski definition) is 3. The molecule has 2 aromatic heterocycles. The third kappa shape index (κ3) is 2.25. The lowest BCUT2D eigenvalue weighted by Crippen LogP contribution is -1.94. The number of aromatic amines is 1. The Kier molecular flexibility index (Phi) is 2.83. The summed E-state index contributed by atoms with van der Waals surface area (Å²) in [7, 11) is 0. The van der Waals surface area contributed by atoms with E-state index in [2.05, 4.69) is 38.4 Å². The lowest BCUT2D eigenvalue weighted by molar-refractivity contribution is 1.07. The van der Waals surface area contributed by atoms with Crippen molar-refractivity contribution in [3.05, 3.63) is 54.1 Å². The first-order chi connectivity index (χ1) is 9.24. The fourth-order valence-electron chi connectivity index (χ4n) is 2.06. The minimum atomic E-state index is 0.924. The van der Waals surface area contributed by atoms with Gasteiger partial charge in [0, 0.05) is 23.5 Å². The van der Waals surface area contributed by atoms with Crippen molar-refractivity contribution in [1.29, 1.82) is 0 Å². The number of aryl methyl sites for hydroxylation is 2. The average Bonchev–Trinajstić information content (AvgIpc) is 2.96. The SMILES string of the molecule is Cc1cnc(C)c(-c2cccc(-c3ccn[nH]3)c2)n1. The van der Waals surface area contributed by atoms with Gasteiger partial charge in [-0.05, 0) is 26.0 Å². The molecule has 0 aliphatic heterocycles. The fraction of sp³-hybridized carbons (Fsp3) is 0.133. The Bertz CT molecular complexity index is 702. The molecule has 0 fully saturated rings. The minimum absolute atomic E-state index is 0.924. The average molecular weight is 250 g/mol. The summed E-state index contributed by atoms with van der Waals surface area (Å²) in [6, 6.07) is 10.2. The van der Waals surface area contributed by atoms with Gasteiger partial charge >= 0.3 is 0 Å². The molecule has 3 rings (SSSR count). The van der Waals surface area contributed by atoms with E-state index in [9.17, 15) is 0 Å². The van der Waals surface area contributed by atoms with Gasteiger partial charge in [0.05, 0.1) is 22.8 Å². The first kappa shape index (κ1) is 11.6. The van der Waals surface area contributed by atoms with E-state index in [4.69, 9.17) is 0 Å². The first-order valence-corrected chi connectivity index (χ1v) is 6.14. The highest BCUT2D eigenvalue weighted by atomic mass is 15.1. The lowest BCUT2D eigenvalue weighted by atomic mass is 10.0. The van der Waals surface area contributed by atoms with Gasteiger partial charge in [-0.1, -0.05) is 18.2 Å². The maximum atomic E-state index is 4.58. The van der Waals surface area contributed by atoms with Gasteiger partial charge in [-0.15, -0.1) is 0 Å². The second-order valence-electron chi connectivity index (χ2n) is 4.50. The number of nitrogens with zero attached hydrogens (tertiary/aromatic N) is 3. The molecule has 0 aliphatic carbocycles. The van der Waals surface area contributed by atoms with Crippen molar-refractivity contribution < 1.29 is 0 Å². The molecule has 0 aliphatic rings. The van der Waals surface area contributed by atoms with E-state index in [0.29, 0.717) is 0 Å². The highest BCUT2D eigenvalue weighted by Crippen LogP contribution is 2.25. The summed E-state index contributed by atoms with van der Waals surface area (Å²) in [4.78, 5) is 8.94. The maximum Gasteiger partial charge on any atom is 0.0917 e. The molecular weight excluding hydrogens is 236 g/mol. The second kappa shape index (κ2) is 4.65. The molecule has 0 saturated carbocycles. The van der Waals surface area contributed by atoms with Crippen molar-refractivity contribution in [2.75, 3.05) is 0 Å². The molecule has 1 N–H and O–H groups in total. The van der Waals surface area contributed by atoms with Crippen LogP contribution in [0.4, 0.5) is 0 Å². The Morgan fingerprint density at radius 1 is 1.05 bits per heavy atom. The third-order valence-corrected chi connectivity index (χ3v) is 3.02. The van der Waals surface area contributed by atoms with E-state index in [1.807, 2.05) is 26.0 Å². The van der Waals surface area contributed by atoms with Crippen molar-refractivity contribution in [1.82, 2.24) is 20.2 Å². The molecule has 0 spiro atoms. The number of H-pyrrole nitrogens is 1. The zero-order valence-corrected chi connectivity index (χ0v) is 10.9. The van der Waals surface area contributed by atoms with Crippen LogP contribution in [-0.2, 0) is 0 Å². The Morgan fingerprint density at radius 2 is 1.89 bits per heavy atom. The molecule has 0 saturated heterocycles. The molecule has 0 bridgehead atoms. The summed E-state index contributed by atoms with van der Waals surface area (Å²) in [5.74, 6) is 0. The number of rotatable bonds is 2. The van der Waals surface area contributed by atoms with E-state index in [-0.39, 0.29) is 0 Å². The molecule has 0 unspecified atom stereocenters. The van der Waals surface area contributed by atoms with E-state index in [1.165, 1.54) is 0 Å². The molecule has 0 atom stereocenters. The molecule has 4 nitrogen and oxygen atoms in total. The summed E-state index contributed by atoms with van der Waals surface area (Å²) >= 11 is 0. The van der Waals surface area contributed by atoms with Gasteiger partial charge in [-0.3, -0.25) is 10.1 Å². The predicted molar refractivity (Wildman–Crippen MR) is 74.5 cm³/mol. The van der Waals surface area contributed by atoms with Crippen LogP contribution in [0.2, 0.25) is 0 Å². The van der Waals surface area contributed by atoms with Crippen molar-refractivity contribution in [2.24, 2.45) is 0 Å². The largest absolute Gasteiger partial charge is 0.278 e. The number of benzene rings is 1. The summed E-state index contributed by atoms with van der Waals surface area (Å²) < 4.78 is 0. The quantitative estimate of drug-likeness (QED) is 0.760. The molecule has 19 heavy (non-hydrogen) atoms. The topological polar surface area (TPSA) is 54.5 Å². The van der Waals surface area contributed by atoms with Crippen LogP contribution >= 0.6 is 0 Å². The van der Waals surface area contributed by atoms with Gasteiger partial charge in [0.1, 0.15) is 0 Å². The van der Waals surface area contributed by atoms with Crippen molar-refractivity contribution in [2.45, 2.75) is 13.8 Å². The minimum Gasteiger partial charge on any atom is -0.278 e. The van der Waals surface area contributed by atoms with Crippen LogP contribution in [0.3, 0.4) is 0 Å². The summed E-state index contributed by atoms with van der Waals surface area (Å²) in [6.45, 7) is 3.93. The lowest BCUT2D eigenvalue weighted by Gasteiger charge is -2.07. The Hall–Kier alpha value is -2.49. The number of aromatic nitrogens is 4. The van der Waals surface area contributed by atoms with Crippen LogP contribution in [0.25, 0.3) is 22.5 Å². The van der Waals surface area contributed by atoms with Crippen LogP contribution in [0, 0.1) is 13.8 Å². The van der Waals surface area contributed by atoms with Crippen LogP contribution in [-0.4, -0.2) is 20.2 Å². The van der Waals surface area contributed by atoms with Crippen LogP contribution in [0.1, 0.15) is 11.4 Å². The van der Waals surface area contributed by atoms with E-state index in [0.717, 1.165) is 33.9 Å². The fourth-order valence-corrected chi connectivity index (χ4v) is 2.06. The molecule has 4 heteroatoms. The van der Waals surface area contributed by atoms with Gasteiger partial charge in [0.25, 0.3) is 0 Å². The van der Waals surface area contributed by atoms with Crippen molar-refractivity contribution in [3.8, 4) is 22.5 Å². The molecular formula is C15H14N4. The van der Waals surface area contributed by atoms with Gasteiger partial charge in [0.15, 0.2) is 0 Å². The molecule has 3 aromatic rings.